The summed E-state index contributed by atoms with van der Waals surface area (Å²) in [6, 6.07) is 8.68. The van der Waals surface area contributed by atoms with Gasteiger partial charge in [-0.15, -0.1) is 11.8 Å². The highest BCUT2D eigenvalue weighted by atomic mass is 32.2. The van der Waals surface area contributed by atoms with Gasteiger partial charge in [0.2, 0.25) is 0 Å². The van der Waals surface area contributed by atoms with Crippen molar-refractivity contribution < 1.29 is 4.74 Å². The van der Waals surface area contributed by atoms with E-state index < -0.39 is 0 Å². The Morgan fingerprint density at radius 2 is 2.24 bits per heavy atom. The molecule has 1 aliphatic heterocycles. The van der Waals surface area contributed by atoms with E-state index in [0.717, 1.165) is 19.7 Å². The van der Waals surface area contributed by atoms with Crippen LogP contribution in [0.3, 0.4) is 0 Å². The Labute approximate surface area is 108 Å². The minimum atomic E-state index is 0.382. The maximum absolute atomic E-state index is 5.62. The van der Waals surface area contributed by atoms with E-state index in [1.165, 1.54) is 16.9 Å². The topological polar surface area (TPSA) is 21.3 Å². The maximum atomic E-state index is 5.62. The highest BCUT2D eigenvalue weighted by Crippen LogP contribution is 2.34. The second-order valence-electron chi connectivity index (χ2n) is 4.41. The zero-order valence-electron chi connectivity index (χ0n) is 10.6. The summed E-state index contributed by atoms with van der Waals surface area (Å²) in [5.74, 6) is 0. The molecule has 0 amide bonds. The highest BCUT2D eigenvalue weighted by Gasteiger charge is 2.25. The van der Waals surface area contributed by atoms with Gasteiger partial charge >= 0.3 is 0 Å². The molecule has 1 aromatic rings. The largest absolute Gasteiger partial charge is 0.377 e. The van der Waals surface area contributed by atoms with Gasteiger partial charge in [-0.25, -0.2) is 0 Å². The van der Waals surface area contributed by atoms with Crippen molar-refractivity contribution in [2.45, 2.75) is 43.1 Å². The van der Waals surface area contributed by atoms with Crippen LogP contribution in [0.15, 0.2) is 29.2 Å². The van der Waals surface area contributed by atoms with Gasteiger partial charge in [0.25, 0.3) is 0 Å². The summed E-state index contributed by atoms with van der Waals surface area (Å²) in [4.78, 5) is 1.40. The molecule has 1 fully saturated rings. The predicted molar refractivity (Wildman–Crippen MR) is 73.5 cm³/mol. The maximum Gasteiger partial charge on any atom is 0.0669 e. The molecule has 1 aliphatic rings. The molecule has 0 radical (unpaired) electrons. The number of thioether (sulfide) groups is 1. The lowest BCUT2D eigenvalue weighted by Crippen LogP contribution is -2.15. The van der Waals surface area contributed by atoms with E-state index in [0.29, 0.717) is 11.4 Å². The SMILES string of the molecule is CCNCc1ccccc1SC1CCOC1C. The molecule has 2 unspecified atom stereocenters. The van der Waals surface area contributed by atoms with Crippen molar-refractivity contribution in [3.63, 3.8) is 0 Å². The third-order valence-corrected chi connectivity index (χ3v) is 4.70. The van der Waals surface area contributed by atoms with Gasteiger partial charge in [-0.1, -0.05) is 25.1 Å². The van der Waals surface area contributed by atoms with E-state index >= 15 is 0 Å². The van der Waals surface area contributed by atoms with Crippen molar-refractivity contribution in [2.75, 3.05) is 13.2 Å². The molecular weight excluding hydrogens is 230 g/mol. The first-order valence-corrected chi connectivity index (χ1v) is 7.26. The van der Waals surface area contributed by atoms with Crippen molar-refractivity contribution in [2.24, 2.45) is 0 Å². The minimum Gasteiger partial charge on any atom is -0.377 e. The zero-order chi connectivity index (χ0) is 12.1. The van der Waals surface area contributed by atoms with E-state index in [4.69, 9.17) is 4.74 Å². The Morgan fingerprint density at radius 3 is 2.94 bits per heavy atom. The molecule has 0 aromatic heterocycles. The molecular formula is C14H21NOS. The summed E-state index contributed by atoms with van der Waals surface area (Å²) in [5, 5.41) is 4.01. The van der Waals surface area contributed by atoms with Crippen LogP contribution < -0.4 is 5.32 Å². The molecule has 2 atom stereocenters. The van der Waals surface area contributed by atoms with Gasteiger partial charge in [-0.2, -0.15) is 0 Å². The number of benzene rings is 1. The molecule has 94 valence electrons. The number of nitrogens with one attached hydrogen (secondary N) is 1. The first-order chi connectivity index (χ1) is 8.31. The average Bonchev–Trinajstić information content (AvgIpc) is 2.74. The van der Waals surface area contributed by atoms with Crippen LogP contribution in [0.2, 0.25) is 0 Å². The van der Waals surface area contributed by atoms with Crippen LogP contribution in [0.25, 0.3) is 0 Å². The third-order valence-electron chi connectivity index (χ3n) is 3.12. The molecule has 0 bridgehead atoms. The zero-order valence-corrected chi connectivity index (χ0v) is 11.4. The van der Waals surface area contributed by atoms with E-state index in [-0.39, 0.29) is 0 Å². The van der Waals surface area contributed by atoms with Crippen LogP contribution in [0.4, 0.5) is 0 Å². The van der Waals surface area contributed by atoms with Crippen LogP contribution in [0.5, 0.6) is 0 Å². The molecule has 0 saturated carbocycles. The monoisotopic (exact) mass is 251 g/mol. The average molecular weight is 251 g/mol. The normalized spacial score (nSPS) is 24.1. The van der Waals surface area contributed by atoms with Crippen molar-refractivity contribution in [3.8, 4) is 0 Å². The standard InChI is InChI=1S/C14H21NOS/c1-3-15-10-12-6-4-5-7-14(12)17-13-8-9-16-11(13)2/h4-7,11,13,15H,3,8-10H2,1-2H3. The summed E-state index contributed by atoms with van der Waals surface area (Å²) in [5.41, 5.74) is 1.40. The van der Waals surface area contributed by atoms with Crippen molar-refractivity contribution >= 4 is 11.8 Å². The van der Waals surface area contributed by atoms with E-state index in [1.807, 2.05) is 11.8 Å². The summed E-state index contributed by atoms with van der Waals surface area (Å²) in [6.45, 7) is 7.21. The van der Waals surface area contributed by atoms with Gasteiger partial charge in [-0.3, -0.25) is 0 Å². The number of rotatable bonds is 5. The Bertz CT molecular complexity index is 356. The van der Waals surface area contributed by atoms with E-state index in [1.54, 1.807) is 0 Å². The first kappa shape index (κ1) is 12.9. The van der Waals surface area contributed by atoms with Gasteiger partial charge in [0.15, 0.2) is 0 Å². The lowest BCUT2D eigenvalue weighted by atomic mass is 10.2. The fourth-order valence-corrected chi connectivity index (χ4v) is 3.31. The van der Waals surface area contributed by atoms with Gasteiger partial charge in [0.05, 0.1) is 6.10 Å². The summed E-state index contributed by atoms with van der Waals surface area (Å²) >= 11 is 1.97. The molecule has 1 N–H and O–H groups in total. The first-order valence-electron chi connectivity index (χ1n) is 6.38. The summed E-state index contributed by atoms with van der Waals surface area (Å²) in [7, 11) is 0. The molecule has 0 spiro atoms. The van der Waals surface area contributed by atoms with Crippen LogP contribution >= 0.6 is 11.8 Å². The highest BCUT2D eigenvalue weighted by molar-refractivity contribution is 8.00. The second-order valence-corrected chi connectivity index (χ2v) is 5.69. The van der Waals surface area contributed by atoms with Crippen molar-refractivity contribution in [3.05, 3.63) is 29.8 Å². The molecule has 2 rings (SSSR count). The molecule has 3 heteroatoms. The fourth-order valence-electron chi connectivity index (χ4n) is 2.05. The van der Waals surface area contributed by atoms with E-state index in [2.05, 4.69) is 43.4 Å². The Morgan fingerprint density at radius 1 is 1.41 bits per heavy atom. The Kier molecular flexibility index (Phi) is 4.89. The quantitative estimate of drug-likeness (QED) is 0.869. The van der Waals surface area contributed by atoms with Crippen LogP contribution in [0, 0.1) is 0 Å². The molecule has 1 saturated heterocycles. The molecule has 1 heterocycles. The second kappa shape index (κ2) is 6.43. The lowest BCUT2D eigenvalue weighted by Gasteiger charge is -2.16. The Hall–Kier alpha value is -0.510. The predicted octanol–water partition coefficient (Wildman–Crippen LogP) is 3.07. The minimum absolute atomic E-state index is 0.382. The summed E-state index contributed by atoms with van der Waals surface area (Å²) in [6.07, 6.45) is 1.55. The molecule has 17 heavy (non-hydrogen) atoms. The molecule has 1 aromatic carbocycles. The number of ether oxygens (including phenoxy) is 1. The van der Waals surface area contributed by atoms with Gasteiger partial charge < -0.3 is 10.1 Å². The van der Waals surface area contributed by atoms with E-state index in [9.17, 15) is 0 Å². The van der Waals surface area contributed by atoms with Crippen LogP contribution in [0.1, 0.15) is 25.8 Å². The molecule has 0 aliphatic carbocycles. The fraction of sp³-hybridized carbons (Fsp3) is 0.571. The van der Waals surface area contributed by atoms with Crippen LogP contribution in [-0.4, -0.2) is 24.5 Å². The smallest absolute Gasteiger partial charge is 0.0669 e. The van der Waals surface area contributed by atoms with Gasteiger partial charge in [-0.05, 0) is 31.5 Å². The van der Waals surface area contributed by atoms with Crippen molar-refractivity contribution in [1.82, 2.24) is 5.32 Å². The number of hydrogen-bond donors (Lipinski definition) is 1. The van der Waals surface area contributed by atoms with Gasteiger partial charge in [0, 0.05) is 23.3 Å². The summed E-state index contributed by atoms with van der Waals surface area (Å²) < 4.78 is 5.62. The van der Waals surface area contributed by atoms with Crippen LogP contribution in [-0.2, 0) is 11.3 Å². The number of hydrogen-bond acceptors (Lipinski definition) is 3. The van der Waals surface area contributed by atoms with Crippen molar-refractivity contribution in [1.29, 1.82) is 0 Å². The lowest BCUT2D eigenvalue weighted by molar-refractivity contribution is 0.127. The Balaban J connectivity index is 2.03. The molecule has 2 nitrogen and oxygen atoms in total. The third kappa shape index (κ3) is 3.47. The van der Waals surface area contributed by atoms with Gasteiger partial charge in [0.1, 0.15) is 0 Å².